The predicted octanol–water partition coefficient (Wildman–Crippen LogP) is 5.48. The summed E-state index contributed by atoms with van der Waals surface area (Å²) in [7, 11) is 0. The lowest BCUT2D eigenvalue weighted by Crippen LogP contribution is -2.54. The Balaban J connectivity index is 1.56. The van der Waals surface area contributed by atoms with Crippen LogP contribution in [0.3, 0.4) is 0 Å². The zero-order valence-corrected chi connectivity index (χ0v) is 19.9. The van der Waals surface area contributed by atoms with Crippen LogP contribution in [0.25, 0.3) is 17.0 Å². The van der Waals surface area contributed by atoms with Crippen molar-refractivity contribution < 1.29 is 9.59 Å². The predicted molar refractivity (Wildman–Crippen MR) is 140 cm³/mol. The van der Waals surface area contributed by atoms with Gasteiger partial charge in [-0.2, -0.15) is 0 Å². The number of halogens is 1. The van der Waals surface area contributed by atoms with Crippen molar-refractivity contribution in [3.8, 4) is 0 Å². The molecule has 1 aliphatic heterocycles. The molecule has 5 nitrogen and oxygen atoms in total. The minimum Gasteiger partial charge on any atom is -0.342 e. The number of thiocarbonyl (C=S) groups is 1. The smallest absolute Gasteiger partial charge is 0.270 e. The van der Waals surface area contributed by atoms with Crippen LogP contribution in [0.5, 0.6) is 0 Å². The van der Waals surface area contributed by atoms with Crippen molar-refractivity contribution in [3.63, 3.8) is 0 Å². The first-order valence-corrected chi connectivity index (χ1v) is 11.5. The van der Waals surface area contributed by atoms with E-state index in [-0.39, 0.29) is 10.7 Å². The Kier molecular flexibility index (Phi) is 5.77. The van der Waals surface area contributed by atoms with Crippen LogP contribution >= 0.6 is 23.8 Å². The number of nitrogens with one attached hydrogen (secondary N) is 1. The van der Waals surface area contributed by atoms with Crippen molar-refractivity contribution in [2.75, 3.05) is 4.90 Å². The van der Waals surface area contributed by atoms with Crippen LogP contribution < -0.4 is 10.2 Å². The highest BCUT2D eigenvalue weighted by atomic mass is 35.5. The first-order valence-electron chi connectivity index (χ1n) is 10.7. The number of fused-ring (bicyclic) bond motifs is 1. The molecule has 0 unspecified atom stereocenters. The summed E-state index contributed by atoms with van der Waals surface area (Å²) in [4.78, 5) is 27.5. The van der Waals surface area contributed by atoms with E-state index < -0.39 is 11.8 Å². The van der Waals surface area contributed by atoms with Gasteiger partial charge in [-0.1, -0.05) is 59.6 Å². The van der Waals surface area contributed by atoms with Gasteiger partial charge in [0.05, 0.1) is 5.69 Å². The minimum atomic E-state index is -0.507. The zero-order valence-electron chi connectivity index (χ0n) is 18.3. The Morgan fingerprint density at radius 1 is 0.971 bits per heavy atom. The van der Waals surface area contributed by atoms with Gasteiger partial charge < -0.3 is 4.57 Å². The lowest BCUT2D eigenvalue weighted by atomic mass is 10.1. The first-order chi connectivity index (χ1) is 16.4. The van der Waals surface area contributed by atoms with E-state index in [1.807, 2.05) is 85.9 Å². The van der Waals surface area contributed by atoms with E-state index >= 15 is 0 Å². The van der Waals surface area contributed by atoms with Crippen LogP contribution in [0.1, 0.15) is 16.7 Å². The molecule has 1 aliphatic rings. The molecule has 1 saturated heterocycles. The van der Waals surface area contributed by atoms with Gasteiger partial charge in [0.25, 0.3) is 11.8 Å². The lowest BCUT2D eigenvalue weighted by molar-refractivity contribution is -0.122. The van der Waals surface area contributed by atoms with Crippen LogP contribution in [0, 0.1) is 6.92 Å². The van der Waals surface area contributed by atoms with Gasteiger partial charge in [-0.05, 0) is 61.1 Å². The Labute approximate surface area is 207 Å². The van der Waals surface area contributed by atoms with Crippen LogP contribution in [0.4, 0.5) is 5.69 Å². The number of hydrogen-bond donors (Lipinski definition) is 1. The number of para-hydroxylation sites is 1. The minimum absolute atomic E-state index is 0.0311. The van der Waals surface area contributed by atoms with E-state index in [1.165, 1.54) is 4.90 Å². The molecule has 0 bridgehead atoms. The molecule has 2 amide bonds. The molecule has 1 aromatic heterocycles. The Hall–Kier alpha value is -3.74. The number of carbonyl (C=O) groups is 2. The van der Waals surface area contributed by atoms with Crippen molar-refractivity contribution in [2.24, 2.45) is 0 Å². The van der Waals surface area contributed by atoms with Crippen molar-refractivity contribution in [2.45, 2.75) is 13.5 Å². The standard InChI is InChI=1S/C27H20ClN3O2S/c1-17-6-12-21(13-7-17)31-26(33)23(25(32)29-27(31)34)14-19-16-30(24-5-3-2-4-22(19)24)15-18-8-10-20(28)11-9-18/h2-14,16H,15H2,1H3,(H,29,32,34)/b23-14+. The fraction of sp³-hybridized carbons (Fsp3) is 0.0741. The van der Waals surface area contributed by atoms with Gasteiger partial charge in [0.2, 0.25) is 0 Å². The molecule has 0 radical (unpaired) electrons. The van der Waals surface area contributed by atoms with Gasteiger partial charge >= 0.3 is 0 Å². The largest absolute Gasteiger partial charge is 0.342 e. The average Bonchev–Trinajstić information content (AvgIpc) is 3.16. The Morgan fingerprint density at radius 3 is 2.41 bits per heavy atom. The summed E-state index contributed by atoms with van der Waals surface area (Å²) in [5.74, 6) is -0.958. The number of benzene rings is 3. The number of nitrogens with zero attached hydrogens (tertiary/aromatic N) is 2. The van der Waals surface area contributed by atoms with Crippen molar-refractivity contribution in [3.05, 3.63) is 106 Å². The van der Waals surface area contributed by atoms with E-state index in [1.54, 1.807) is 6.08 Å². The molecule has 0 aliphatic carbocycles. The fourth-order valence-corrected chi connectivity index (χ4v) is 4.46. The maximum Gasteiger partial charge on any atom is 0.270 e. The highest BCUT2D eigenvalue weighted by Crippen LogP contribution is 2.27. The maximum absolute atomic E-state index is 13.4. The van der Waals surface area contributed by atoms with Crippen molar-refractivity contribution in [1.29, 1.82) is 0 Å². The first kappa shape index (κ1) is 22.1. The van der Waals surface area contributed by atoms with Crippen LogP contribution in [0.15, 0.2) is 84.6 Å². The third-order valence-corrected chi connectivity index (χ3v) is 6.32. The molecule has 0 spiro atoms. The maximum atomic E-state index is 13.4. The molecular formula is C27H20ClN3O2S. The molecule has 2 heterocycles. The number of amides is 2. The van der Waals surface area contributed by atoms with E-state index in [4.69, 9.17) is 23.8 Å². The molecule has 0 atom stereocenters. The molecule has 1 N–H and O–H groups in total. The molecule has 1 fully saturated rings. The third-order valence-electron chi connectivity index (χ3n) is 5.78. The molecule has 34 heavy (non-hydrogen) atoms. The summed E-state index contributed by atoms with van der Waals surface area (Å²) in [6.45, 7) is 2.59. The number of anilines is 1. The van der Waals surface area contributed by atoms with Gasteiger partial charge in [-0.15, -0.1) is 0 Å². The van der Waals surface area contributed by atoms with Gasteiger partial charge in [0.15, 0.2) is 5.11 Å². The van der Waals surface area contributed by atoms with E-state index in [0.29, 0.717) is 17.3 Å². The monoisotopic (exact) mass is 485 g/mol. The summed E-state index contributed by atoms with van der Waals surface area (Å²) >= 11 is 11.3. The second kappa shape index (κ2) is 8.89. The normalized spacial score (nSPS) is 15.3. The Bertz CT molecular complexity index is 1470. The summed E-state index contributed by atoms with van der Waals surface area (Å²) in [5.41, 5.74) is 4.57. The lowest BCUT2D eigenvalue weighted by Gasteiger charge is -2.29. The second-order valence-corrected chi connectivity index (χ2v) is 8.97. The summed E-state index contributed by atoms with van der Waals surface area (Å²) in [6, 6.07) is 23.0. The van der Waals surface area contributed by atoms with E-state index in [9.17, 15) is 9.59 Å². The van der Waals surface area contributed by atoms with Crippen LogP contribution in [0.2, 0.25) is 5.02 Å². The highest BCUT2D eigenvalue weighted by molar-refractivity contribution is 7.80. The summed E-state index contributed by atoms with van der Waals surface area (Å²) < 4.78 is 2.10. The second-order valence-electron chi connectivity index (χ2n) is 8.15. The summed E-state index contributed by atoms with van der Waals surface area (Å²) in [6.07, 6.45) is 3.59. The van der Waals surface area contributed by atoms with E-state index in [2.05, 4.69) is 9.88 Å². The molecule has 0 saturated carbocycles. The number of hydrogen-bond acceptors (Lipinski definition) is 3. The highest BCUT2D eigenvalue weighted by Gasteiger charge is 2.34. The van der Waals surface area contributed by atoms with Gasteiger partial charge in [0, 0.05) is 34.2 Å². The van der Waals surface area contributed by atoms with Gasteiger partial charge in [-0.3, -0.25) is 19.8 Å². The molecule has 3 aromatic carbocycles. The Morgan fingerprint density at radius 2 is 1.68 bits per heavy atom. The number of aromatic nitrogens is 1. The van der Waals surface area contributed by atoms with Crippen LogP contribution in [-0.4, -0.2) is 21.5 Å². The zero-order chi connectivity index (χ0) is 23.8. The molecule has 7 heteroatoms. The fourth-order valence-electron chi connectivity index (χ4n) is 4.05. The molecule has 4 aromatic rings. The molecule has 168 valence electrons. The van der Waals surface area contributed by atoms with Gasteiger partial charge in [0.1, 0.15) is 5.57 Å². The van der Waals surface area contributed by atoms with Gasteiger partial charge in [-0.25, -0.2) is 0 Å². The summed E-state index contributed by atoms with van der Waals surface area (Å²) in [5, 5.41) is 4.35. The van der Waals surface area contributed by atoms with Crippen molar-refractivity contribution >= 4 is 63.4 Å². The topological polar surface area (TPSA) is 54.3 Å². The number of carbonyl (C=O) groups excluding carboxylic acids is 2. The number of rotatable bonds is 4. The van der Waals surface area contributed by atoms with E-state index in [0.717, 1.165) is 27.6 Å². The third kappa shape index (κ3) is 4.14. The quantitative estimate of drug-likeness (QED) is 0.236. The average molecular weight is 486 g/mol. The van der Waals surface area contributed by atoms with Crippen LogP contribution in [-0.2, 0) is 16.1 Å². The molecule has 5 rings (SSSR count). The SMILES string of the molecule is Cc1ccc(N2C(=O)/C(=C/c3cn(Cc4ccc(Cl)cc4)c4ccccc34)C(=O)NC2=S)cc1. The van der Waals surface area contributed by atoms with Crippen molar-refractivity contribution in [1.82, 2.24) is 9.88 Å². The number of aryl methyl sites for hydroxylation is 1. The molecular weight excluding hydrogens is 466 g/mol.